The molecular formula is C11H16ClN3O3. The largest absolute Gasteiger partial charge is 0.392 e. The Bertz CT molecular complexity index is 451. The van der Waals surface area contributed by atoms with Crippen LogP contribution in [0.1, 0.15) is 12.5 Å². The number of nitrogens with two attached hydrogens (primary N) is 1. The van der Waals surface area contributed by atoms with Gasteiger partial charge in [-0.25, -0.2) is 0 Å². The smallest absolute Gasteiger partial charge is 0.288 e. The first-order valence-corrected chi connectivity index (χ1v) is 5.82. The van der Waals surface area contributed by atoms with E-state index in [1.54, 1.807) is 13.8 Å². The van der Waals surface area contributed by atoms with Crippen LogP contribution in [0.25, 0.3) is 0 Å². The fraction of sp³-hybridized carbons (Fsp3) is 0.455. The summed E-state index contributed by atoms with van der Waals surface area (Å²) < 4.78 is 0. The highest BCUT2D eigenvalue weighted by molar-refractivity contribution is 6.33. The van der Waals surface area contributed by atoms with E-state index >= 15 is 0 Å². The van der Waals surface area contributed by atoms with Gasteiger partial charge in [0, 0.05) is 24.3 Å². The van der Waals surface area contributed by atoms with Crippen molar-refractivity contribution in [1.82, 2.24) is 0 Å². The van der Waals surface area contributed by atoms with Gasteiger partial charge in [0.2, 0.25) is 0 Å². The highest BCUT2D eigenvalue weighted by Crippen LogP contribution is 2.30. The van der Waals surface area contributed by atoms with Crippen molar-refractivity contribution in [2.45, 2.75) is 26.0 Å². The molecule has 0 spiro atoms. The van der Waals surface area contributed by atoms with Crippen LogP contribution in [0, 0.1) is 17.0 Å². The summed E-state index contributed by atoms with van der Waals surface area (Å²) >= 11 is 5.81. The zero-order valence-corrected chi connectivity index (χ0v) is 10.9. The van der Waals surface area contributed by atoms with E-state index in [1.807, 2.05) is 0 Å². The molecule has 2 atom stereocenters. The second-order valence-electron chi connectivity index (χ2n) is 4.16. The summed E-state index contributed by atoms with van der Waals surface area (Å²) in [4.78, 5) is 10.2. The molecule has 1 aromatic carbocycles. The van der Waals surface area contributed by atoms with E-state index in [0.29, 0.717) is 17.8 Å². The first-order chi connectivity index (χ1) is 8.32. The number of benzene rings is 1. The first-order valence-electron chi connectivity index (χ1n) is 5.45. The van der Waals surface area contributed by atoms with E-state index in [4.69, 9.17) is 17.3 Å². The zero-order valence-electron chi connectivity index (χ0n) is 10.2. The predicted octanol–water partition coefficient (Wildman–Crippen LogP) is 1.68. The zero-order chi connectivity index (χ0) is 13.9. The van der Waals surface area contributed by atoms with Crippen molar-refractivity contribution in [3.05, 3.63) is 32.8 Å². The Kier molecular flexibility index (Phi) is 4.89. The van der Waals surface area contributed by atoms with Crippen LogP contribution in [0.4, 0.5) is 11.4 Å². The van der Waals surface area contributed by atoms with Gasteiger partial charge in [-0.05, 0) is 25.5 Å². The SMILES string of the molecule is Cc1cc([N+](=O)[O-])c(Cl)cc1NCC(N)C(C)O. The number of hydrogen-bond acceptors (Lipinski definition) is 5. The molecule has 0 amide bonds. The Morgan fingerprint density at radius 2 is 2.22 bits per heavy atom. The van der Waals surface area contributed by atoms with Crippen LogP contribution < -0.4 is 11.1 Å². The lowest BCUT2D eigenvalue weighted by molar-refractivity contribution is -0.384. The first kappa shape index (κ1) is 14.7. The van der Waals surface area contributed by atoms with Crippen LogP contribution in [0.15, 0.2) is 12.1 Å². The highest BCUT2D eigenvalue weighted by atomic mass is 35.5. The normalized spacial score (nSPS) is 14.1. The second kappa shape index (κ2) is 5.99. The summed E-state index contributed by atoms with van der Waals surface area (Å²) in [5.74, 6) is 0. The van der Waals surface area contributed by atoms with E-state index in [1.165, 1.54) is 12.1 Å². The number of nitro benzene ring substituents is 1. The number of nitrogens with zero attached hydrogens (tertiary/aromatic N) is 1. The van der Waals surface area contributed by atoms with Crippen LogP contribution in [0.3, 0.4) is 0 Å². The summed E-state index contributed by atoms with van der Waals surface area (Å²) in [5.41, 5.74) is 6.92. The molecule has 0 aromatic heterocycles. The molecule has 1 rings (SSSR count). The van der Waals surface area contributed by atoms with E-state index < -0.39 is 17.1 Å². The van der Waals surface area contributed by atoms with Crippen LogP contribution in [-0.2, 0) is 0 Å². The Labute approximate surface area is 110 Å². The van der Waals surface area contributed by atoms with Crippen molar-refractivity contribution in [2.24, 2.45) is 5.73 Å². The maximum absolute atomic E-state index is 10.7. The van der Waals surface area contributed by atoms with Gasteiger partial charge in [-0.2, -0.15) is 0 Å². The lowest BCUT2D eigenvalue weighted by Gasteiger charge is -2.17. The molecule has 2 unspecified atom stereocenters. The summed E-state index contributed by atoms with van der Waals surface area (Å²) in [6.07, 6.45) is -0.633. The molecular weight excluding hydrogens is 258 g/mol. The molecule has 0 aliphatic heterocycles. The van der Waals surface area contributed by atoms with Gasteiger partial charge in [-0.3, -0.25) is 10.1 Å². The number of anilines is 1. The summed E-state index contributed by atoms with van der Waals surface area (Å²) in [6.45, 7) is 3.69. The molecule has 0 bridgehead atoms. The molecule has 0 aliphatic rings. The van der Waals surface area contributed by atoms with Crippen LogP contribution in [0.2, 0.25) is 5.02 Å². The van der Waals surface area contributed by atoms with Crippen molar-refractivity contribution < 1.29 is 10.0 Å². The number of aryl methyl sites for hydroxylation is 1. The average Bonchev–Trinajstić information content (AvgIpc) is 2.28. The van der Waals surface area contributed by atoms with Gasteiger partial charge in [-0.15, -0.1) is 0 Å². The maximum atomic E-state index is 10.7. The highest BCUT2D eigenvalue weighted by Gasteiger charge is 2.16. The number of hydrogen-bond donors (Lipinski definition) is 3. The number of halogens is 1. The average molecular weight is 274 g/mol. The van der Waals surface area contributed by atoms with Gasteiger partial charge in [0.15, 0.2) is 0 Å². The fourth-order valence-corrected chi connectivity index (χ4v) is 1.63. The third kappa shape index (κ3) is 3.56. The van der Waals surface area contributed by atoms with Crippen molar-refractivity contribution in [3.63, 3.8) is 0 Å². The van der Waals surface area contributed by atoms with Crippen molar-refractivity contribution in [3.8, 4) is 0 Å². The lowest BCUT2D eigenvalue weighted by Crippen LogP contribution is -2.38. The van der Waals surface area contributed by atoms with Crippen LogP contribution in [0.5, 0.6) is 0 Å². The summed E-state index contributed by atoms with van der Waals surface area (Å²) in [5, 5.41) is 23.0. The Balaban J connectivity index is 2.85. The van der Waals surface area contributed by atoms with Gasteiger partial charge in [-0.1, -0.05) is 11.6 Å². The number of nitrogens with one attached hydrogen (secondary N) is 1. The number of aliphatic hydroxyl groups is 1. The minimum Gasteiger partial charge on any atom is -0.392 e. The van der Waals surface area contributed by atoms with Crippen molar-refractivity contribution in [2.75, 3.05) is 11.9 Å². The minimum atomic E-state index is -0.633. The Morgan fingerprint density at radius 1 is 1.61 bits per heavy atom. The molecule has 100 valence electrons. The predicted molar refractivity (Wildman–Crippen MR) is 71.0 cm³/mol. The van der Waals surface area contributed by atoms with Gasteiger partial charge in [0.05, 0.1) is 11.0 Å². The molecule has 0 saturated heterocycles. The molecule has 4 N–H and O–H groups in total. The van der Waals surface area contributed by atoms with Crippen LogP contribution >= 0.6 is 11.6 Å². The standard InChI is InChI=1S/C11H16ClN3O3/c1-6-3-11(15(17)18)8(12)4-10(6)14-5-9(13)7(2)16/h3-4,7,9,14,16H,5,13H2,1-2H3. The lowest BCUT2D eigenvalue weighted by atomic mass is 10.1. The Hall–Kier alpha value is -1.37. The second-order valence-corrected chi connectivity index (χ2v) is 4.57. The monoisotopic (exact) mass is 273 g/mol. The molecule has 7 heteroatoms. The molecule has 6 nitrogen and oxygen atoms in total. The minimum absolute atomic E-state index is 0.0683. The summed E-state index contributed by atoms with van der Waals surface area (Å²) in [7, 11) is 0. The third-order valence-corrected chi connectivity index (χ3v) is 2.94. The third-order valence-electron chi connectivity index (χ3n) is 2.64. The topological polar surface area (TPSA) is 101 Å². The molecule has 1 aromatic rings. The van der Waals surface area contributed by atoms with E-state index in [-0.39, 0.29) is 10.7 Å². The van der Waals surface area contributed by atoms with Gasteiger partial charge >= 0.3 is 0 Å². The molecule has 18 heavy (non-hydrogen) atoms. The van der Waals surface area contributed by atoms with Gasteiger partial charge < -0.3 is 16.2 Å². The summed E-state index contributed by atoms with van der Waals surface area (Å²) in [6, 6.07) is 2.47. The van der Waals surface area contributed by atoms with Crippen molar-refractivity contribution >= 4 is 23.0 Å². The maximum Gasteiger partial charge on any atom is 0.288 e. The van der Waals surface area contributed by atoms with E-state index in [9.17, 15) is 15.2 Å². The quantitative estimate of drug-likeness (QED) is 0.560. The number of rotatable bonds is 5. The van der Waals surface area contributed by atoms with Gasteiger partial charge in [0.1, 0.15) is 5.02 Å². The molecule has 0 heterocycles. The molecule has 0 saturated carbocycles. The van der Waals surface area contributed by atoms with E-state index in [0.717, 1.165) is 0 Å². The Morgan fingerprint density at radius 3 is 2.72 bits per heavy atom. The van der Waals surface area contributed by atoms with Gasteiger partial charge in [0.25, 0.3) is 5.69 Å². The van der Waals surface area contributed by atoms with Crippen LogP contribution in [-0.4, -0.2) is 28.7 Å². The van der Waals surface area contributed by atoms with Crippen molar-refractivity contribution in [1.29, 1.82) is 0 Å². The van der Waals surface area contributed by atoms with E-state index in [2.05, 4.69) is 5.32 Å². The molecule has 0 radical (unpaired) electrons. The number of nitro groups is 1. The molecule has 0 aliphatic carbocycles. The fourth-order valence-electron chi connectivity index (χ4n) is 1.39. The molecule has 0 fully saturated rings. The number of aliphatic hydroxyl groups excluding tert-OH is 1.